The van der Waals surface area contributed by atoms with Crippen molar-refractivity contribution < 1.29 is 0 Å². The van der Waals surface area contributed by atoms with Gasteiger partial charge in [0, 0.05) is 27.5 Å². The Morgan fingerprint density at radius 2 is 2.31 bits per heavy atom. The van der Waals surface area contributed by atoms with E-state index >= 15 is 0 Å². The number of hydrogen-bond donors (Lipinski definition) is 2. The summed E-state index contributed by atoms with van der Waals surface area (Å²) in [6.45, 7) is 2.16. The topological polar surface area (TPSA) is 38.0 Å². The lowest BCUT2D eigenvalue weighted by Gasteiger charge is -2.15. The summed E-state index contributed by atoms with van der Waals surface area (Å²) in [5.41, 5.74) is 7.54. The third-order valence-electron chi connectivity index (χ3n) is 2.06. The first-order valence-electron chi connectivity index (χ1n) is 4.89. The van der Waals surface area contributed by atoms with Gasteiger partial charge in [-0.2, -0.15) is 11.8 Å². The first-order valence-corrected chi connectivity index (χ1v) is 7.49. The zero-order valence-corrected chi connectivity index (χ0v) is 12.5. The van der Waals surface area contributed by atoms with Crippen LogP contribution in [0.3, 0.4) is 0 Å². The summed E-state index contributed by atoms with van der Waals surface area (Å²) < 4.78 is 0.932. The molecule has 0 aliphatic carbocycles. The Labute approximate surface area is 114 Å². The summed E-state index contributed by atoms with van der Waals surface area (Å²) in [6.07, 6.45) is 2.10. The fourth-order valence-electron chi connectivity index (χ4n) is 1.38. The van der Waals surface area contributed by atoms with Gasteiger partial charge < -0.3 is 11.1 Å². The molecule has 0 saturated carbocycles. The smallest absolute Gasteiger partial charge is 0.105 e. The van der Waals surface area contributed by atoms with Gasteiger partial charge in [-0.1, -0.05) is 12.2 Å². The van der Waals surface area contributed by atoms with Gasteiger partial charge in [-0.15, -0.1) is 0 Å². The number of anilines is 1. The van der Waals surface area contributed by atoms with Gasteiger partial charge in [0.05, 0.1) is 0 Å². The van der Waals surface area contributed by atoms with Crippen LogP contribution in [-0.4, -0.2) is 23.0 Å². The van der Waals surface area contributed by atoms with Gasteiger partial charge in [0.2, 0.25) is 0 Å². The maximum atomic E-state index is 5.59. The van der Waals surface area contributed by atoms with Crippen LogP contribution in [0.2, 0.25) is 0 Å². The first kappa shape index (κ1) is 13.8. The van der Waals surface area contributed by atoms with E-state index in [0.717, 1.165) is 21.5 Å². The van der Waals surface area contributed by atoms with Crippen LogP contribution in [0.15, 0.2) is 22.7 Å². The van der Waals surface area contributed by atoms with Crippen molar-refractivity contribution in [1.29, 1.82) is 0 Å². The molecule has 2 nitrogen and oxygen atoms in total. The van der Waals surface area contributed by atoms with Crippen LogP contribution in [0.4, 0.5) is 5.69 Å². The highest BCUT2D eigenvalue weighted by Gasteiger charge is 2.05. The van der Waals surface area contributed by atoms with Crippen LogP contribution in [0.1, 0.15) is 12.5 Å². The second kappa shape index (κ2) is 6.47. The molecule has 1 atom stereocenters. The van der Waals surface area contributed by atoms with Crippen LogP contribution < -0.4 is 11.1 Å². The first-order chi connectivity index (χ1) is 7.54. The van der Waals surface area contributed by atoms with E-state index in [1.54, 1.807) is 0 Å². The summed E-state index contributed by atoms with van der Waals surface area (Å²) in [7, 11) is 0. The highest BCUT2D eigenvalue weighted by Crippen LogP contribution is 2.22. The minimum absolute atomic E-state index is 0.413. The maximum Gasteiger partial charge on any atom is 0.105 e. The Hall–Kier alpha value is -0.260. The standard InChI is InChI=1S/C11H15BrN2S2/c1-7(6-16-2)14-8-3-4-9(11(13)15)10(12)5-8/h3-5,7,14H,6H2,1-2H3,(H2,13,15). The van der Waals surface area contributed by atoms with E-state index in [9.17, 15) is 0 Å². The van der Waals surface area contributed by atoms with E-state index in [1.165, 1.54) is 0 Å². The van der Waals surface area contributed by atoms with Crippen LogP contribution in [0.5, 0.6) is 0 Å². The molecule has 0 heterocycles. The molecule has 0 aliphatic rings. The van der Waals surface area contributed by atoms with Crippen LogP contribution in [0, 0.1) is 0 Å². The molecule has 1 unspecified atom stereocenters. The zero-order valence-electron chi connectivity index (χ0n) is 9.29. The van der Waals surface area contributed by atoms with Gasteiger partial charge in [-0.25, -0.2) is 0 Å². The molecule has 88 valence electrons. The van der Waals surface area contributed by atoms with E-state index in [1.807, 2.05) is 30.0 Å². The fourth-order valence-corrected chi connectivity index (χ4v) is 2.87. The summed E-state index contributed by atoms with van der Waals surface area (Å²) in [5, 5.41) is 3.41. The average molecular weight is 319 g/mol. The second-order valence-corrected chi connectivity index (χ2v) is 5.76. The largest absolute Gasteiger partial charge is 0.389 e. The summed E-state index contributed by atoms with van der Waals surface area (Å²) >= 11 is 10.2. The Bertz CT molecular complexity index is 382. The monoisotopic (exact) mass is 318 g/mol. The number of thioether (sulfide) groups is 1. The normalized spacial score (nSPS) is 12.2. The Balaban J connectivity index is 2.77. The molecule has 3 N–H and O–H groups in total. The molecule has 0 fully saturated rings. The quantitative estimate of drug-likeness (QED) is 0.817. The predicted molar refractivity (Wildman–Crippen MR) is 81.5 cm³/mol. The molecule has 16 heavy (non-hydrogen) atoms. The van der Waals surface area contributed by atoms with Gasteiger partial charge in [-0.05, 0) is 47.3 Å². The number of halogens is 1. The van der Waals surface area contributed by atoms with Crippen molar-refractivity contribution in [3.8, 4) is 0 Å². The van der Waals surface area contributed by atoms with Crippen molar-refractivity contribution >= 4 is 50.6 Å². The van der Waals surface area contributed by atoms with Crippen molar-refractivity contribution in [3.63, 3.8) is 0 Å². The molecule has 1 aromatic rings. The molecule has 0 amide bonds. The number of nitrogens with two attached hydrogens (primary N) is 1. The fraction of sp³-hybridized carbons (Fsp3) is 0.364. The Kier molecular flexibility index (Phi) is 5.58. The molecule has 0 spiro atoms. The van der Waals surface area contributed by atoms with Gasteiger partial charge in [-0.3, -0.25) is 0 Å². The van der Waals surface area contributed by atoms with Gasteiger partial charge in [0.1, 0.15) is 4.99 Å². The van der Waals surface area contributed by atoms with Crippen molar-refractivity contribution in [2.45, 2.75) is 13.0 Å². The average Bonchev–Trinajstić information content (AvgIpc) is 2.17. The maximum absolute atomic E-state index is 5.59. The summed E-state index contributed by atoms with van der Waals surface area (Å²) in [5.74, 6) is 1.08. The zero-order chi connectivity index (χ0) is 12.1. The molecule has 1 aromatic carbocycles. The van der Waals surface area contributed by atoms with Crippen molar-refractivity contribution in [2.24, 2.45) is 5.73 Å². The number of thiocarbonyl (C=S) groups is 1. The Morgan fingerprint density at radius 3 is 2.81 bits per heavy atom. The molecular weight excluding hydrogens is 304 g/mol. The lowest BCUT2D eigenvalue weighted by atomic mass is 10.2. The summed E-state index contributed by atoms with van der Waals surface area (Å²) in [6, 6.07) is 6.37. The third-order valence-corrected chi connectivity index (χ3v) is 3.77. The number of benzene rings is 1. The van der Waals surface area contributed by atoms with E-state index in [0.29, 0.717) is 11.0 Å². The Morgan fingerprint density at radius 1 is 1.62 bits per heavy atom. The van der Waals surface area contributed by atoms with Crippen LogP contribution in [0.25, 0.3) is 0 Å². The predicted octanol–water partition coefficient (Wildman–Crippen LogP) is 3.25. The van der Waals surface area contributed by atoms with Crippen molar-refractivity contribution in [1.82, 2.24) is 0 Å². The molecule has 0 saturated heterocycles. The van der Waals surface area contributed by atoms with E-state index in [4.69, 9.17) is 18.0 Å². The second-order valence-electron chi connectivity index (χ2n) is 3.56. The molecule has 0 bridgehead atoms. The van der Waals surface area contributed by atoms with E-state index < -0.39 is 0 Å². The number of nitrogens with one attached hydrogen (secondary N) is 1. The lowest BCUT2D eigenvalue weighted by Crippen LogP contribution is -2.18. The van der Waals surface area contributed by atoms with Crippen LogP contribution in [-0.2, 0) is 0 Å². The minimum Gasteiger partial charge on any atom is -0.389 e. The van der Waals surface area contributed by atoms with Crippen LogP contribution >= 0.6 is 39.9 Å². The highest BCUT2D eigenvalue weighted by atomic mass is 79.9. The van der Waals surface area contributed by atoms with E-state index in [2.05, 4.69) is 34.4 Å². The van der Waals surface area contributed by atoms with Gasteiger partial charge in [0.25, 0.3) is 0 Å². The molecule has 0 aromatic heterocycles. The number of rotatable bonds is 5. The van der Waals surface area contributed by atoms with E-state index in [-0.39, 0.29) is 0 Å². The van der Waals surface area contributed by atoms with Crippen molar-refractivity contribution in [3.05, 3.63) is 28.2 Å². The SMILES string of the molecule is CSCC(C)Nc1ccc(C(N)=S)c(Br)c1. The molecule has 0 aliphatic heterocycles. The number of hydrogen-bond acceptors (Lipinski definition) is 3. The molecule has 5 heteroatoms. The molecule has 1 rings (SSSR count). The van der Waals surface area contributed by atoms with Crippen molar-refractivity contribution in [2.75, 3.05) is 17.3 Å². The minimum atomic E-state index is 0.413. The summed E-state index contributed by atoms with van der Waals surface area (Å²) in [4.78, 5) is 0.413. The van der Waals surface area contributed by atoms with Gasteiger partial charge >= 0.3 is 0 Å². The molecular formula is C11H15BrN2S2. The third kappa shape index (κ3) is 3.96. The lowest BCUT2D eigenvalue weighted by molar-refractivity contribution is 0.914. The molecule has 0 radical (unpaired) electrons. The van der Waals surface area contributed by atoms with Gasteiger partial charge in [0.15, 0.2) is 0 Å². The highest BCUT2D eigenvalue weighted by molar-refractivity contribution is 9.10.